The SMILES string of the molecule is Cc1cccc(C)c1C=CC1CCN(C(=O)CN2CCCOCC2)CC1. The Labute approximate surface area is 157 Å². The van der Waals surface area contributed by atoms with E-state index in [9.17, 15) is 4.79 Å². The van der Waals surface area contributed by atoms with Gasteiger partial charge in [0, 0.05) is 32.8 Å². The first-order chi connectivity index (χ1) is 12.6. The molecule has 1 aromatic rings. The average molecular weight is 357 g/mol. The molecule has 0 N–H and O–H groups in total. The number of amides is 1. The molecule has 2 aliphatic heterocycles. The number of benzene rings is 1. The number of rotatable bonds is 4. The van der Waals surface area contributed by atoms with E-state index in [1.165, 1.54) is 16.7 Å². The van der Waals surface area contributed by atoms with E-state index in [0.29, 0.717) is 12.5 Å². The summed E-state index contributed by atoms with van der Waals surface area (Å²) < 4.78 is 5.47. The number of carbonyl (C=O) groups excluding carboxylic acids is 1. The first kappa shape index (κ1) is 19.1. The fourth-order valence-electron chi connectivity index (χ4n) is 3.91. The highest BCUT2D eigenvalue weighted by Crippen LogP contribution is 2.22. The van der Waals surface area contributed by atoms with E-state index in [1.54, 1.807) is 0 Å². The van der Waals surface area contributed by atoms with Gasteiger partial charge in [-0.15, -0.1) is 0 Å². The lowest BCUT2D eigenvalue weighted by Gasteiger charge is -2.32. The van der Waals surface area contributed by atoms with Gasteiger partial charge in [-0.2, -0.15) is 0 Å². The molecule has 1 amide bonds. The maximum Gasteiger partial charge on any atom is 0.236 e. The summed E-state index contributed by atoms with van der Waals surface area (Å²) in [6, 6.07) is 6.45. The third kappa shape index (κ3) is 5.18. The number of hydrogen-bond donors (Lipinski definition) is 0. The third-order valence-corrected chi connectivity index (χ3v) is 5.64. The topological polar surface area (TPSA) is 32.8 Å². The molecule has 142 valence electrons. The maximum atomic E-state index is 12.6. The normalized spacial score (nSPS) is 20.5. The van der Waals surface area contributed by atoms with E-state index in [2.05, 4.69) is 54.0 Å². The summed E-state index contributed by atoms with van der Waals surface area (Å²) >= 11 is 0. The first-order valence-corrected chi connectivity index (χ1v) is 9.96. The van der Waals surface area contributed by atoms with Crippen LogP contribution >= 0.6 is 0 Å². The van der Waals surface area contributed by atoms with Crippen LogP contribution in [0, 0.1) is 19.8 Å². The Hall–Kier alpha value is -1.65. The van der Waals surface area contributed by atoms with Crippen LogP contribution in [0.1, 0.15) is 36.0 Å². The second-order valence-electron chi connectivity index (χ2n) is 7.62. The lowest BCUT2D eigenvalue weighted by Crippen LogP contribution is -2.44. The van der Waals surface area contributed by atoms with Crippen molar-refractivity contribution in [1.82, 2.24) is 9.80 Å². The van der Waals surface area contributed by atoms with Crippen molar-refractivity contribution < 1.29 is 9.53 Å². The summed E-state index contributed by atoms with van der Waals surface area (Å²) in [7, 11) is 0. The fraction of sp³-hybridized carbons (Fsp3) is 0.591. The van der Waals surface area contributed by atoms with Crippen LogP contribution in [-0.2, 0) is 9.53 Å². The molecule has 0 bridgehead atoms. The minimum Gasteiger partial charge on any atom is -0.380 e. The Morgan fingerprint density at radius 1 is 1.12 bits per heavy atom. The fourth-order valence-corrected chi connectivity index (χ4v) is 3.91. The van der Waals surface area contributed by atoms with Crippen LogP contribution in [0.25, 0.3) is 6.08 Å². The van der Waals surface area contributed by atoms with Gasteiger partial charge in [0.1, 0.15) is 0 Å². The number of piperidine rings is 1. The van der Waals surface area contributed by atoms with E-state index in [4.69, 9.17) is 4.74 Å². The van der Waals surface area contributed by atoms with E-state index >= 15 is 0 Å². The molecule has 2 aliphatic rings. The smallest absolute Gasteiger partial charge is 0.236 e. The zero-order valence-electron chi connectivity index (χ0n) is 16.2. The first-order valence-electron chi connectivity index (χ1n) is 9.96. The van der Waals surface area contributed by atoms with Gasteiger partial charge in [-0.05, 0) is 55.7 Å². The number of aryl methyl sites for hydroxylation is 2. The van der Waals surface area contributed by atoms with E-state index < -0.39 is 0 Å². The third-order valence-electron chi connectivity index (χ3n) is 5.64. The molecule has 0 saturated carbocycles. The van der Waals surface area contributed by atoms with Crippen LogP contribution in [0.4, 0.5) is 0 Å². The van der Waals surface area contributed by atoms with Crippen molar-refractivity contribution >= 4 is 12.0 Å². The molecule has 4 nitrogen and oxygen atoms in total. The minimum atomic E-state index is 0.282. The van der Waals surface area contributed by atoms with E-state index in [1.807, 2.05) is 0 Å². The molecule has 1 aromatic carbocycles. The highest BCUT2D eigenvalue weighted by atomic mass is 16.5. The Morgan fingerprint density at radius 3 is 2.58 bits per heavy atom. The minimum absolute atomic E-state index is 0.282. The summed E-state index contributed by atoms with van der Waals surface area (Å²) in [5.74, 6) is 0.855. The van der Waals surface area contributed by atoms with Crippen LogP contribution in [-0.4, -0.2) is 61.6 Å². The number of likely N-dealkylation sites (tertiary alicyclic amines) is 1. The molecular formula is C22H32N2O2. The number of ether oxygens (including phenoxy) is 1. The van der Waals surface area contributed by atoms with Crippen molar-refractivity contribution in [3.05, 3.63) is 41.0 Å². The van der Waals surface area contributed by atoms with Gasteiger partial charge in [0.2, 0.25) is 5.91 Å². The molecule has 0 aliphatic carbocycles. The zero-order valence-corrected chi connectivity index (χ0v) is 16.2. The standard InChI is InChI=1S/C22H32N2O2/c1-18-5-3-6-19(2)21(18)8-7-20-9-12-24(13-10-20)22(25)17-23-11-4-15-26-16-14-23/h3,5-8,20H,4,9-17H2,1-2H3. The van der Waals surface area contributed by atoms with Gasteiger partial charge >= 0.3 is 0 Å². The molecule has 26 heavy (non-hydrogen) atoms. The summed E-state index contributed by atoms with van der Waals surface area (Å²) in [6.07, 6.45) is 7.79. The van der Waals surface area contributed by atoms with E-state index in [0.717, 1.165) is 58.7 Å². The molecule has 0 unspecified atom stereocenters. The molecule has 0 aromatic heterocycles. The lowest BCUT2D eigenvalue weighted by atomic mass is 9.94. The molecule has 2 saturated heterocycles. The Bertz CT molecular complexity index is 605. The molecule has 0 atom stereocenters. The monoisotopic (exact) mass is 356 g/mol. The lowest BCUT2D eigenvalue weighted by molar-refractivity contribution is -0.133. The molecule has 2 fully saturated rings. The zero-order chi connectivity index (χ0) is 18.4. The largest absolute Gasteiger partial charge is 0.380 e. The van der Waals surface area contributed by atoms with Crippen molar-refractivity contribution in [3.63, 3.8) is 0 Å². The molecule has 0 radical (unpaired) electrons. The van der Waals surface area contributed by atoms with Crippen LogP contribution in [0.5, 0.6) is 0 Å². The van der Waals surface area contributed by atoms with Crippen LogP contribution in [0.3, 0.4) is 0 Å². The molecular weight excluding hydrogens is 324 g/mol. The maximum absolute atomic E-state index is 12.6. The van der Waals surface area contributed by atoms with Crippen molar-refractivity contribution in [2.45, 2.75) is 33.1 Å². The number of hydrogen-bond acceptors (Lipinski definition) is 3. The number of allylic oxidation sites excluding steroid dienone is 1. The van der Waals surface area contributed by atoms with Crippen molar-refractivity contribution in [1.29, 1.82) is 0 Å². The number of nitrogens with zero attached hydrogens (tertiary/aromatic N) is 2. The van der Waals surface area contributed by atoms with Gasteiger partial charge in [0.25, 0.3) is 0 Å². The van der Waals surface area contributed by atoms with Crippen molar-refractivity contribution in [2.24, 2.45) is 5.92 Å². The van der Waals surface area contributed by atoms with Gasteiger partial charge in [0.15, 0.2) is 0 Å². The highest BCUT2D eigenvalue weighted by molar-refractivity contribution is 5.78. The van der Waals surface area contributed by atoms with Crippen LogP contribution in [0.2, 0.25) is 0 Å². The van der Waals surface area contributed by atoms with Crippen molar-refractivity contribution in [2.75, 3.05) is 45.9 Å². The summed E-state index contributed by atoms with van der Waals surface area (Å²) in [6.45, 7) is 10.1. The van der Waals surface area contributed by atoms with Crippen molar-refractivity contribution in [3.8, 4) is 0 Å². The summed E-state index contributed by atoms with van der Waals surface area (Å²) in [5.41, 5.74) is 4.00. The highest BCUT2D eigenvalue weighted by Gasteiger charge is 2.23. The van der Waals surface area contributed by atoms with Crippen LogP contribution < -0.4 is 0 Å². The van der Waals surface area contributed by atoms with Gasteiger partial charge in [-0.3, -0.25) is 9.69 Å². The van der Waals surface area contributed by atoms with E-state index in [-0.39, 0.29) is 5.91 Å². The van der Waals surface area contributed by atoms with Gasteiger partial charge in [-0.25, -0.2) is 0 Å². The molecule has 2 heterocycles. The molecule has 3 rings (SSSR count). The molecule has 0 spiro atoms. The van der Waals surface area contributed by atoms with Crippen LogP contribution in [0.15, 0.2) is 24.3 Å². The second kappa shape index (κ2) is 9.33. The summed E-state index contributed by atoms with van der Waals surface area (Å²) in [4.78, 5) is 16.9. The Morgan fingerprint density at radius 2 is 1.85 bits per heavy atom. The Balaban J connectivity index is 1.47. The Kier molecular flexibility index (Phi) is 6.86. The predicted molar refractivity (Wildman–Crippen MR) is 106 cm³/mol. The summed E-state index contributed by atoms with van der Waals surface area (Å²) in [5, 5.41) is 0. The quantitative estimate of drug-likeness (QED) is 0.830. The van der Waals surface area contributed by atoms with Gasteiger partial charge < -0.3 is 9.64 Å². The van der Waals surface area contributed by atoms with Gasteiger partial charge in [-0.1, -0.05) is 30.4 Å². The van der Waals surface area contributed by atoms with Gasteiger partial charge in [0.05, 0.1) is 13.2 Å². The average Bonchev–Trinajstić information content (AvgIpc) is 2.90. The predicted octanol–water partition coefficient (Wildman–Crippen LogP) is 3.28. The second-order valence-corrected chi connectivity index (χ2v) is 7.62. The number of carbonyl (C=O) groups is 1. The molecule has 4 heteroatoms.